The van der Waals surface area contributed by atoms with E-state index in [4.69, 9.17) is 0 Å². The number of benzene rings is 2. The zero-order chi connectivity index (χ0) is 14.9. The van der Waals surface area contributed by atoms with Crippen LogP contribution in [0.3, 0.4) is 0 Å². The van der Waals surface area contributed by atoms with Crippen molar-refractivity contribution in [2.45, 2.75) is 47.2 Å². The van der Waals surface area contributed by atoms with Gasteiger partial charge in [0.25, 0.3) is 0 Å². The van der Waals surface area contributed by atoms with Crippen molar-refractivity contribution in [1.29, 1.82) is 0 Å². The molecule has 0 atom stereocenters. The van der Waals surface area contributed by atoms with Crippen molar-refractivity contribution in [3.63, 3.8) is 0 Å². The van der Waals surface area contributed by atoms with Crippen LogP contribution in [0.25, 0.3) is 0 Å². The second-order valence-electron chi connectivity index (χ2n) is 6.16. The first kappa shape index (κ1) is 15.3. The van der Waals surface area contributed by atoms with Gasteiger partial charge >= 0.3 is 0 Å². The van der Waals surface area contributed by atoms with Crippen molar-refractivity contribution < 1.29 is 0 Å². The van der Waals surface area contributed by atoms with E-state index in [2.05, 4.69) is 77.9 Å². The normalized spacial score (nSPS) is 11.4. The van der Waals surface area contributed by atoms with Crippen LogP contribution in [0.15, 0.2) is 36.4 Å². The molecule has 0 aliphatic rings. The highest BCUT2D eigenvalue weighted by Gasteiger charge is 2.18. The second-order valence-corrected chi connectivity index (χ2v) is 8.96. The van der Waals surface area contributed by atoms with E-state index >= 15 is 0 Å². The van der Waals surface area contributed by atoms with Gasteiger partial charge in [-0.3, -0.25) is 0 Å². The maximum absolute atomic E-state index is 2.37. The molecule has 0 fully saturated rings. The molecule has 0 amide bonds. The Balaban J connectivity index is 2.56. The number of hydrogen-bond acceptors (Lipinski definition) is 0. The van der Waals surface area contributed by atoms with Gasteiger partial charge in [-0.2, -0.15) is 0 Å². The molecule has 0 heterocycles. The Morgan fingerprint density at radius 3 is 1.15 bits per heavy atom. The topological polar surface area (TPSA) is 0 Å². The lowest BCUT2D eigenvalue weighted by molar-refractivity contribution is 1.10. The highest BCUT2D eigenvalue weighted by Crippen LogP contribution is 2.39. The minimum atomic E-state index is -0.275. The van der Waals surface area contributed by atoms with Crippen LogP contribution in [0.1, 0.15) is 36.1 Å². The summed E-state index contributed by atoms with van der Waals surface area (Å²) in [5.74, 6) is 0. The lowest BCUT2D eigenvalue weighted by Crippen LogP contribution is -2.19. The molecule has 0 N–H and O–H groups in total. The fraction of sp³-hybridized carbons (Fsp3) is 0.368. The summed E-state index contributed by atoms with van der Waals surface area (Å²) >= 11 is 0. The zero-order valence-corrected chi connectivity index (χ0v) is 14.4. The van der Waals surface area contributed by atoms with Crippen LogP contribution in [0, 0.1) is 27.7 Å². The standard InChI is InChI=1S/C19H25P/c1-13(2)20(18-9-14(3)7-15(4)10-18)19-11-16(5)8-17(6)12-19/h7-13H,1-6H3. The van der Waals surface area contributed by atoms with Crippen LogP contribution in [0.2, 0.25) is 0 Å². The Bertz CT molecular complexity index is 519. The monoisotopic (exact) mass is 284 g/mol. The smallest absolute Gasteiger partial charge is 0.0186 e. The molecule has 0 spiro atoms. The Kier molecular flexibility index (Phi) is 4.66. The molecule has 0 aliphatic heterocycles. The van der Waals surface area contributed by atoms with E-state index in [0.717, 1.165) is 0 Å². The van der Waals surface area contributed by atoms with Gasteiger partial charge in [-0.05, 0) is 51.9 Å². The van der Waals surface area contributed by atoms with Crippen LogP contribution >= 0.6 is 7.92 Å². The van der Waals surface area contributed by atoms with Gasteiger partial charge in [0.15, 0.2) is 0 Å². The van der Waals surface area contributed by atoms with E-state index in [1.165, 1.54) is 32.9 Å². The Labute approximate surface area is 125 Å². The Morgan fingerprint density at radius 1 is 0.600 bits per heavy atom. The second kappa shape index (κ2) is 6.10. The molecule has 0 unspecified atom stereocenters. The maximum Gasteiger partial charge on any atom is -0.0186 e. The third kappa shape index (κ3) is 3.49. The number of hydrogen-bond donors (Lipinski definition) is 0. The minimum absolute atomic E-state index is 0.275. The maximum atomic E-state index is 2.37. The van der Waals surface area contributed by atoms with Crippen molar-refractivity contribution in [2.75, 3.05) is 0 Å². The fourth-order valence-corrected chi connectivity index (χ4v) is 5.79. The Morgan fingerprint density at radius 2 is 0.900 bits per heavy atom. The van der Waals surface area contributed by atoms with Gasteiger partial charge in [-0.25, -0.2) is 0 Å². The third-order valence-electron chi connectivity index (χ3n) is 3.49. The third-order valence-corrected chi connectivity index (χ3v) is 6.15. The molecule has 0 aliphatic carbocycles. The van der Waals surface area contributed by atoms with Crippen molar-refractivity contribution in [3.05, 3.63) is 58.7 Å². The SMILES string of the molecule is Cc1cc(C)cc(P(c2cc(C)cc(C)c2)C(C)C)c1. The van der Waals surface area contributed by atoms with E-state index < -0.39 is 0 Å². The summed E-state index contributed by atoms with van der Waals surface area (Å²) in [6, 6.07) is 14.0. The molecule has 0 saturated carbocycles. The summed E-state index contributed by atoms with van der Waals surface area (Å²) in [5.41, 5.74) is 6.15. The van der Waals surface area contributed by atoms with E-state index in [1.54, 1.807) is 0 Å². The molecule has 20 heavy (non-hydrogen) atoms. The first-order chi connectivity index (χ1) is 9.36. The van der Waals surface area contributed by atoms with Gasteiger partial charge in [-0.15, -0.1) is 0 Å². The molecule has 0 nitrogen and oxygen atoms in total. The molecule has 0 bridgehead atoms. The van der Waals surface area contributed by atoms with Crippen molar-refractivity contribution >= 4 is 18.5 Å². The molecule has 0 saturated heterocycles. The fourth-order valence-electron chi connectivity index (χ4n) is 2.92. The first-order valence-corrected chi connectivity index (χ1v) is 8.74. The van der Waals surface area contributed by atoms with Crippen molar-refractivity contribution in [1.82, 2.24) is 0 Å². The summed E-state index contributed by atoms with van der Waals surface area (Å²) in [6.07, 6.45) is 0. The van der Waals surface area contributed by atoms with Gasteiger partial charge in [0.1, 0.15) is 0 Å². The van der Waals surface area contributed by atoms with Crippen LogP contribution < -0.4 is 10.6 Å². The summed E-state index contributed by atoms with van der Waals surface area (Å²) in [4.78, 5) is 0. The molecular formula is C19H25P. The van der Waals surface area contributed by atoms with Gasteiger partial charge in [-0.1, -0.05) is 72.5 Å². The predicted molar refractivity (Wildman–Crippen MR) is 93.2 cm³/mol. The average Bonchev–Trinajstić information content (AvgIpc) is 2.25. The van der Waals surface area contributed by atoms with Crippen molar-refractivity contribution in [3.8, 4) is 0 Å². The quantitative estimate of drug-likeness (QED) is 0.713. The summed E-state index contributed by atoms with van der Waals surface area (Å²) in [7, 11) is -0.275. The van der Waals surface area contributed by atoms with E-state index in [1.807, 2.05) is 0 Å². The molecule has 106 valence electrons. The summed E-state index contributed by atoms with van der Waals surface area (Å²) in [6.45, 7) is 13.5. The van der Waals surface area contributed by atoms with Gasteiger partial charge in [0.05, 0.1) is 0 Å². The molecule has 2 aromatic rings. The van der Waals surface area contributed by atoms with Crippen LogP contribution in [-0.2, 0) is 0 Å². The predicted octanol–water partition coefficient (Wildman–Crippen LogP) is 4.76. The molecule has 1 heteroatoms. The minimum Gasteiger partial charge on any atom is -0.0582 e. The van der Waals surface area contributed by atoms with Gasteiger partial charge < -0.3 is 0 Å². The lowest BCUT2D eigenvalue weighted by atomic mass is 10.2. The van der Waals surface area contributed by atoms with Crippen LogP contribution in [0.5, 0.6) is 0 Å². The molecule has 0 radical (unpaired) electrons. The zero-order valence-electron chi connectivity index (χ0n) is 13.5. The summed E-state index contributed by atoms with van der Waals surface area (Å²) in [5, 5.41) is 3.02. The Hall–Kier alpha value is -1.13. The van der Waals surface area contributed by atoms with Crippen LogP contribution in [0.4, 0.5) is 0 Å². The number of rotatable bonds is 3. The van der Waals surface area contributed by atoms with Gasteiger partial charge in [0, 0.05) is 0 Å². The van der Waals surface area contributed by atoms with E-state index in [9.17, 15) is 0 Å². The highest BCUT2D eigenvalue weighted by atomic mass is 31.1. The van der Waals surface area contributed by atoms with Crippen LogP contribution in [-0.4, -0.2) is 5.66 Å². The van der Waals surface area contributed by atoms with E-state index in [-0.39, 0.29) is 7.92 Å². The van der Waals surface area contributed by atoms with E-state index in [0.29, 0.717) is 5.66 Å². The number of aryl methyl sites for hydroxylation is 4. The summed E-state index contributed by atoms with van der Waals surface area (Å²) < 4.78 is 0. The van der Waals surface area contributed by atoms with Crippen molar-refractivity contribution in [2.24, 2.45) is 0 Å². The molecule has 0 aromatic heterocycles. The largest absolute Gasteiger partial charge is 0.0582 e. The highest BCUT2D eigenvalue weighted by molar-refractivity contribution is 7.73. The molecular weight excluding hydrogens is 259 g/mol. The van der Waals surface area contributed by atoms with Gasteiger partial charge in [0.2, 0.25) is 0 Å². The lowest BCUT2D eigenvalue weighted by Gasteiger charge is -2.24. The average molecular weight is 284 g/mol. The molecule has 2 rings (SSSR count). The first-order valence-electron chi connectivity index (χ1n) is 7.32. The molecule has 2 aromatic carbocycles.